The highest BCUT2D eigenvalue weighted by molar-refractivity contribution is 5.94. The summed E-state index contributed by atoms with van der Waals surface area (Å²) in [6, 6.07) is 8.70. The first kappa shape index (κ1) is 16.2. The number of likely N-dealkylation sites (tertiary alicyclic amines) is 1. The number of carbonyl (C=O) groups is 1. The van der Waals surface area contributed by atoms with Gasteiger partial charge in [0.25, 0.3) is 0 Å². The molecule has 1 saturated heterocycles. The Labute approximate surface area is 156 Å². The lowest BCUT2D eigenvalue weighted by molar-refractivity contribution is 0.0698. The summed E-state index contributed by atoms with van der Waals surface area (Å²) < 4.78 is 1.56. The van der Waals surface area contributed by atoms with E-state index >= 15 is 0 Å². The zero-order valence-electron chi connectivity index (χ0n) is 14.9. The van der Waals surface area contributed by atoms with Crippen LogP contribution < -0.4 is 0 Å². The van der Waals surface area contributed by atoms with Gasteiger partial charge in [0, 0.05) is 29.9 Å². The number of hydrogen-bond donors (Lipinski definition) is 1. The predicted octanol–water partition coefficient (Wildman–Crippen LogP) is 2.99. The summed E-state index contributed by atoms with van der Waals surface area (Å²) in [5.74, 6) is -1.00. The second-order valence-electron chi connectivity index (χ2n) is 7.45. The minimum absolute atomic E-state index is 0.133. The molecule has 0 unspecified atom stereocenters. The molecule has 1 fully saturated rings. The van der Waals surface area contributed by atoms with Gasteiger partial charge < -0.3 is 5.11 Å². The molecule has 2 aromatic heterocycles. The zero-order valence-corrected chi connectivity index (χ0v) is 14.9. The quantitative estimate of drug-likeness (QED) is 0.777. The molecular formula is C21H20N4O2. The molecule has 0 amide bonds. The number of rotatable bonds is 3. The Hall–Kier alpha value is -2.99. The van der Waals surface area contributed by atoms with Crippen LogP contribution in [0, 0.1) is 0 Å². The van der Waals surface area contributed by atoms with E-state index in [0.717, 1.165) is 38.0 Å². The molecule has 6 heteroatoms. The summed E-state index contributed by atoms with van der Waals surface area (Å²) in [4.78, 5) is 17.9. The van der Waals surface area contributed by atoms with Crippen molar-refractivity contribution in [3.8, 4) is 0 Å². The highest BCUT2D eigenvalue weighted by atomic mass is 16.4. The number of carboxylic acids is 1. The Morgan fingerprint density at radius 3 is 2.81 bits per heavy atom. The molecule has 0 bridgehead atoms. The molecule has 27 heavy (non-hydrogen) atoms. The molecule has 1 aromatic carbocycles. The van der Waals surface area contributed by atoms with Crippen LogP contribution in [-0.2, 0) is 12.0 Å². The van der Waals surface area contributed by atoms with Crippen LogP contribution in [0.5, 0.6) is 0 Å². The molecule has 6 nitrogen and oxygen atoms in total. The van der Waals surface area contributed by atoms with Gasteiger partial charge in [-0.3, -0.25) is 4.90 Å². The molecule has 0 saturated carbocycles. The minimum atomic E-state index is -1.00. The lowest BCUT2D eigenvalue weighted by Gasteiger charge is -2.39. The highest BCUT2D eigenvalue weighted by Crippen LogP contribution is 2.43. The number of aromatic nitrogens is 3. The van der Waals surface area contributed by atoms with Gasteiger partial charge in [0.15, 0.2) is 5.65 Å². The molecule has 1 aliphatic heterocycles. The second-order valence-corrected chi connectivity index (χ2v) is 7.45. The third kappa shape index (κ3) is 2.64. The van der Waals surface area contributed by atoms with E-state index in [1.54, 1.807) is 10.7 Å². The van der Waals surface area contributed by atoms with Crippen LogP contribution in [0.25, 0.3) is 11.7 Å². The Kier molecular flexibility index (Phi) is 3.62. The standard InChI is InChI=1S/C21H20N4O2/c26-20(27)17-12-23-25-14-15(11-22-19(17)25)13-24-9-7-21(8-10-24)6-5-16-3-1-2-4-18(16)21/h1-6,11-12,14H,7-10,13H2,(H,26,27). The molecule has 0 atom stereocenters. The van der Waals surface area contributed by atoms with Crippen LogP contribution in [0.3, 0.4) is 0 Å². The molecule has 1 N–H and O–H groups in total. The van der Waals surface area contributed by atoms with E-state index in [4.69, 9.17) is 5.11 Å². The summed E-state index contributed by atoms with van der Waals surface area (Å²) in [6.07, 6.45) is 11.9. The van der Waals surface area contributed by atoms with Gasteiger partial charge in [-0.2, -0.15) is 5.10 Å². The maximum atomic E-state index is 11.2. The number of benzene rings is 1. The van der Waals surface area contributed by atoms with Gasteiger partial charge in [-0.05, 0) is 37.1 Å². The molecule has 1 aliphatic carbocycles. The van der Waals surface area contributed by atoms with E-state index < -0.39 is 5.97 Å². The van der Waals surface area contributed by atoms with Crippen molar-refractivity contribution in [3.05, 3.63) is 71.2 Å². The normalized spacial score (nSPS) is 18.2. The summed E-state index contributed by atoms with van der Waals surface area (Å²) in [6.45, 7) is 2.85. The van der Waals surface area contributed by atoms with Gasteiger partial charge in [-0.15, -0.1) is 0 Å². The summed E-state index contributed by atoms with van der Waals surface area (Å²) >= 11 is 0. The fraction of sp³-hybridized carbons (Fsp3) is 0.286. The topological polar surface area (TPSA) is 70.7 Å². The summed E-state index contributed by atoms with van der Waals surface area (Å²) in [5.41, 5.74) is 4.57. The largest absolute Gasteiger partial charge is 0.477 e. The summed E-state index contributed by atoms with van der Waals surface area (Å²) in [5, 5.41) is 13.3. The molecule has 2 aliphatic rings. The van der Waals surface area contributed by atoms with E-state index in [1.807, 2.05) is 6.20 Å². The number of carboxylic acid groups (broad SMARTS) is 1. The minimum Gasteiger partial charge on any atom is -0.477 e. The molecular weight excluding hydrogens is 340 g/mol. The van der Waals surface area contributed by atoms with Crippen molar-refractivity contribution >= 4 is 17.7 Å². The van der Waals surface area contributed by atoms with Gasteiger partial charge in [0.2, 0.25) is 0 Å². The van der Waals surface area contributed by atoms with Gasteiger partial charge in [-0.1, -0.05) is 36.4 Å². The summed E-state index contributed by atoms with van der Waals surface area (Å²) in [7, 11) is 0. The van der Waals surface area contributed by atoms with Crippen molar-refractivity contribution in [2.24, 2.45) is 0 Å². The van der Waals surface area contributed by atoms with Gasteiger partial charge in [-0.25, -0.2) is 14.3 Å². The Balaban J connectivity index is 1.31. The lowest BCUT2D eigenvalue weighted by atomic mass is 9.74. The monoisotopic (exact) mass is 360 g/mol. The Morgan fingerprint density at radius 2 is 2.00 bits per heavy atom. The molecule has 3 aromatic rings. The van der Waals surface area contributed by atoms with Crippen molar-refractivity contribution in [2.45, 2.75) is 24.8 Å². The van der Waals surface area contributed by atoms with Crippen LogP contribution in [0.2, 0.25) is 0 Å². The zero-order chi connectivity index (χ0) is 18.4. The Bertz CT molecular complexity index is 1060. The lowest BCUT2D eigenvalue weighted by Crippen LogP contribution is -2.40. The molecule has 0 radical (unpaired) electrons. The maximum Gasteiger partial charge on any atom is 0.341 e. The van der Waals surface area contributed by atoms with Crippen LogP contribution in [0.4, 0.5) is 0 Å². The second kappa shape index (κ2) is 6.03. The van der Waals surface area contributed by atoms with E-state index in [2.05, 4.69) is 51.4 Å². The fourth-order valence-electron chi connectivity index (χ4n) is 4.39. The smallest absolute Gasteiger partial charge is 0.341 e. The van der Waals surface area contributed by atoms with Crippen molar-refractivity contribution in [1.29, 1.82) is 0 Å². The van der Waals surface area contributed by atoms with E-state index in [1.165, 1.54) is 17.3 Å². The van der Waals surface area contributed by atoms with Crippen molar-refractivity contribution in [2.75, 3.05) is 13.1 Å². The van der Waals surface area contributed by atoms with Gasteiger partial charge in [0.05, 0.1) is 6.20 Å². The van der Waals surface area contributed by atoms with Crippen molar-refractivity contribution in [3.63, 3.8) is 0 Å². The van der Waals surface area contributed by atoms with Gasteiger partial charge in [0.1, 0.15) is 5.56 Å². The first-order valence-corrected chi connectivity index (χ1v) is 9.21. The average Bonchev–Trinajstić information content (AvgIpc) is 3.26. The van der Waals surface area contributed by atoms with Crippen LogP contribution in [-0.4, -0.2) is 43.7 Å². The first-order chi connectivity index (χ1) is 13.1. The number of nitrogens with zero attached hydrogens (tertiary/aromatic N) is 4. The van der Waals surface area contributed by atoms with Gasteiger partial charge >= 0.3 is 5.97 Å². The predicted molar refractivity (Wildman–Crippen MR) is 102 cm³/mol. The van der Waals surface area contributed by atoms with Crippen molar-refractivity contribution < 1.29 is 9.90 Å². The number of piperidine rings is 1. The third-order valence-electron chi connectivity index (χ3n) is 5.87. The van der Waals surface area contributed by atoms with E-state index in [-0.39, 0.29) is 11.0 Å². The van der Waals surface area contributed by atoms with Crippen LogP contribution in [0.1, 0.15) is 39.9 Å². The van der Waals surface area contributed by atoms with E-state index in [9.17, 15) is 4.79 Å². The molecule has 136 valence electrons. The number of allylic oxidation sites excluding steroid dienone is 1. The first-order valence-electron chi connectivity index (χ1n) is 9.21. The number of fused-ring (bicyclic) bond motifs is 3. The van der Waals surface area contributed by atoms with E-state index in [0.29, 0.717) is 5.65 Å². The van der Waals surface area contributed by atoms with Crippen LogP contribution >= 0.6 is 0 Å². The van der Waals surface area contributed by atoms with Crippen molar-refractivity contribution in [1.82, 2.24) is 19.5 Å². The number of hydrogen-bond acceptors (Lipinski definition) is 4. The highest BCUT2D eigenvalue weighted by Gasteiger charge is 2.37. The number of aromatic carboxylic acids is 1. The fourth-order valence-corrected chi connectivity index (χ4v) is 4.39. The molecule has 5 rings (SSSR count). The van der Waals surface area contributed by atoms with Crippen LogP contribution in [0.15, 0.2) is 48.9 Å². The Morgan fingerprint density at radius 1 is 1.19 bits per heavy atom. The molecule has 1 spiro atoms. The third-order valence-corrected chi connectivity index (χ3v) is 5.87. The SMILES string of the molecule is O=C(O)c1cnn2cc(CN3CCC4(C=Cc5ccccc54)CC3)cnc12. The maximum absolute atomic E-state index is 11.2. The average molecular weight is 360 g/mol. The molecule has 3 heterocycles.